The van der Waals surface area contributed by atoms with Gasteiger partial charge in [0.25, 0.3) is 5.56 Å². The quantitative estimate of drug-likeness (QED) is 0.251. The van der Waals surface area contributed by atoms with Gasteiger partial charge in [0.05, 0.1) is 21.8 Å². The minimum absolute atomic E-state index is 0.139. The second kappa shape index (κ2) is 9.53. The summed E-state index contributed by atoms with van der Waals surface area (Å²) in [5, 5.41) is 3.58. The molecule has 1 amide bonds. The molecule has 0 aliphatic rings. The highest BCUT2D eigenvalue weighted by Gasteiger charge is 2.21. The molecule has 1 unspecified atom stereocenters. The first-order valence-corrected chi connectivity index (χ1v) is 12.2. The van der Waals surface area contributed by atoms with Crippen molar-refractivity contribution >= 4 is 50.2 Å². The normalized spacial score (nSPS) is 12.0. The SMILES string of the molecule is Cc1cc(C)c(NC(=O)C(C)Sc2nc3ccc(Br)cc3c(=O)n2-c2ccccc2)c(C)c1. The zero-order valence-corrected chi connectivity index (χ0v) is 21.3. The van der Waals surface area contributed by atoms with E-state index in [0.717, 1.165) is 26.9 Å². The van der Waals surface area contributed by atoms with E-state index < -0.39 is 5.25 Å². The van der Waals surface area contributed by atoms with E-state index >= 15 is 0 Å². The molecule has 4 aromatic rings. The number of halogens is 1. The van der Waals surface area contributed by atoms with E-state index in [1.807, 2.05) is 70.2 Å². The van der Waals surface area contributed by atoms with Crippen LogP contribution in [0.25, 0.3) is 16.6 Å². The Morgan fingerprint density at radius 1 is 1.03 bits per heavy atom. The van der Waals surface area contributed by atoms with Gasteiger partial charge in [-0.2, -0.15) is 0 Å². The van der Waals surface area contributed by atoms with Crippen LogP contribution in [0.3, 0.4) is 0 Å². The molecule has 0 radical (unpaired) electrons. The van der Waals surface area contributed by atoms with Gasteiger partial charge in [-0.25, -0.2) is 4.98 Å². The summed E-state index contributed by atoms with van der Waals surface area (Å²) in [7, 11) is 0. The summed E-state index contributed by atoms with van der Waals surface area (Å²) in [5.74, 6) is -0.139. The molecule has 0 fully saturated rings. The van der Waals surface area contributed by atoms with Crippen LogP contribution in [0, 0.1) is 20.8 Å². The first kappa shape index (κ1) is 23.3. The Labute approximate surface area is 205 Å². The molecule has 0 saturated carbocycles. The van der Waals surface area contributed by atoms with E-state index in [2.05, 4.69) is 33.4 Å². The molecule has 4 rings (SSSR count). The summed E-state index contributed by atoms with van der Waals surface area (Å²) < 4.78 is 2.39. The smallest absolute Gasteiger partial charge is 0.266 e. The van der Waals surface area contributed by atoms with Gasteiger partial charge in [0.2, 0.25) is 5.91 Å². The first-order valence-electron chi connectivity index (χ1n) is 10.6. The van der Waals surface area contributed by atoms with Gasteiger partial charge in [-0.15, -0.1) is 0 Å². The molecule has 1 N–H and O–H groups in total. The Balaban J connectivity index is 1.73. The Morgan fingerprint density at radius 2 is 1.70 bits per heavy atom. The fourth-order valence-corrected chi connectivity index (χ4v) is 5.12. The molecule has 0 spiro atoms. The Kier molecular flexibility index (Phi) is 6.72. The second-order valence-corrected chi connectivity index (χ2v) is 10.3. The zero-order chi connectivity index (χ0) is 23.7. The molecule has 0 saturated heterocycles. The van der Waals surface area contributed by atoms with Gasteiger partial charge >= 0.3 is 0 Å². The fraction of sp³-hybridized carbons (Fsp3) is 0.192. The van der Waals surface area contributed by atoms with Crippen molar-refractivity contribution in [1.29, 1.82) is 0 Å². The predicted octanol–water partition coefficient (Wildman–Crippen LogP) is 6.19. The average Bonchev–Trinajstić information content (AvgIpc) is 2.77. The highest BCUT2D eigenvalue weighted by Crippen LogP contribution is 2.28. The van der Waals surface area contributed by atoms with Crippen molar-refractivity contribution in [2.75, 3.05) is 5.32 Å². The van der Waals surface area contributed by atoms with Crippen LogP contribution < -0.4 is 10.9 Å². The molecule has 1 aromatic heterocycles. The molecule has 0 bridgehead atoms. The summed E-state index contributed by atoms with van der Waals surface area (Å²) >= 11 is 4.71. The van der Waals surface area contributed by atoms with Crippen LogP contribution in [0.4, 0.5) is 5.69 Å². The molecule has 0 aliphatic carbocycles. The maximum absolute atomic E-state index is 13.5. The van der Waals surface area contributed by atoms with Gasteiger partial charge in [0.1, 0.15) is 0 Å². The predicted molar refractivity (Wildman–Crippen MR) is 140 cm³/mol. The molecule has 168 valence electrons. The molecule has 33 heavy (non-hydrogen) atoms. The summed E-state index contributed by atoms with van der Waals surface area (Å²) in [6.45, 7) is 7.84. The fourth-order valence-electron chi connectivity index (χ4n) is 3.83. The van der Waals surface area contributed by atoms with Gasteiger partial charge in [0, 0.05) is 10.2 Å². The third kappa shape index (κ3) is 4.89. The number of hydrogen-bond donors (Lipinski definition) is 1. The molecule has 1 atom stereocenters. The van der Waals surface area contributed by atoms with E-state index in [9.17, 15) is 9.59 Å². The van der Waals surface area contributed by atoms with Crippen molar-refractivity contribution in [2.45, 2.75) is 38.1 Å². The van der Waals surface area contributed by atoms with Gasteiger partial charge in [-0.1, -0.05) is 63.6 Å². The third-order valence-corrected chi connectivity index (χ3v) is 6.94. The van der Waals surface area contributed by atoms with Crippen LogP contribution in [-0.4, -0.2) is 20.7 Å². The third-order valence-electron chi connectivity index (χ3n) is 5.39. The van der Waals surface area contributed by atoms with Gasteiger partial charge in [-0.3, -0.25) is 14.2 Å². The van der Waals surface area contributed by atoms with Crippen molar-refractivity contribution in [3.63, 3.8) is 0 Å². The first-order chi connectivity index (χ1) is 15.7. The number of rotatable bonds is 5. The van der Waals surface area contributed by atoms with Crippen molar-refractivity contribution in [3.8, 4) is 5.69 Å². The molecule has 5 nitrogen and oxygen atoms in total. The van der Waals surface area contributed by atoms with Crippen LogP contribution >= 0.6 is 27.7 Å². The van der Waals surface area contributed by atoms with Crippen molar-refractivity contribution in [2.24, 2.45) is 0 Å². The van der Waals surface area contributed by atoms with E-state index in [-0.39, 0.29) is 11.5 Å². The number of nitrogens with zero attached hydrogens (tertiary/aromatic N) is 2. The Morgan fingerprint density at radius 3 is 2.36 bits per heavy atom. The number of nitrogens with one attached hydrogen (secondary N) is 1. The number of fused-ring (bicyclic) bond motifs is 1. The lowest BCUT2D eigenvalue weighted by Gasteiger charge is -2.18. The molecule has 7 heteroatoms. The lowest BCUT2D eigenvalue weighted by molar-refractivity contribution is -0.115. The van der Waals surface area contributed by atoms with E-state index in [4.69, 9.17) is 4.98 Å². The average molecular weight is 522 g/mol. The van der Waals surface area contributed by atoms with Gasteiger partial charge in [0.15, 0.2) is 5.16 Å². The van der Waals surface area contributed by atoms with E-state index in [1.54, 1.807) is 10.6 Å². The number of carbonyl (C=O) groups excluding carboxylic acids is 1. The summed E-state index contributed by atoms with van der Waals surface area (Å²) in [6.07, 6.45) is 0. The van der Waals surface area contributed by atoms with Crippen LogP contribution in [0.15, 0.2) is 75.1 Å². The van der Waals surface area contributed by atoms with Crippen molar-refractivity contribution in [3.05, 3.63) is 92.2 Å². The summed E-state index contributed by atoms with van der Waals surface area (Å²) in [6, 6.07) is 18.9. The molecular weight excluding hydrogens is 498 g/mol. The second-order valence-electron chi connectivity index (χ2n) is 8.06. The number of aryl methyl sites for hydroxylation is 3. The minimum atomic E-state index is -0.472. The number of amides is 1. The van der Waals surface area contributed by atoms with Crippen LogP contribution in [-0.2, 0) is 4.79 Å². The Bertz CT molecular complexity index is 1390. The molecule has 1 heterocycles. The molecular formula is C26H24BrN3O2S. The summed E-state index contributed by atoms with van der Waals surface area (Å²) in [5.41, 5.74) is 5.15. The minimum Gasteiger partial charge on any atom is -0.325 e. The van der Waals surface area contributed by atoms with E-state index in [1.165, 1.54) is 11.8 Å². The van der Waals surface area contributed by atoms with Gasteiger partial charge < -0.3 is 5.32 Å². The van der Waals surface area contributed by atoms with Crippen LogP contribution in [0.5, 0.6) is 0 Å². The monoisotopic (exact) mass is 521 g/mol. The van der Waals surface area contributed by atoms with Crippen LogP contribution in [0.1, 0.15) is 23.6 Å². The molecule has 3 aromatic carbocycles. The largest absolute Gasteiger partial charge is 0.325 e. The Hall–Kier alpha value is -2.90. The van der Waals surface area contributed by atoms with Crippen LogP contribution in [0.2, 0.25) is 0 Å². The number of aromatic nitrogens is 2. The maximum atomic E-state index is 13.5. The standard InChI is InChI=1S/C26H24BrN3O2S/c1-15-12-16(2)23(17(3)13-15)29-24(31)18(4)33-26-28-22-11-10-19(27)14-21(22)25(32)30(26)20-8-6-5-7-9-20/h5-14,18H,1-4H3,(H,29,31). The highest BCUT2D eigenvalue weighted by molar-refractivity contribution is 9.10. The van der Waals surface area contributed by atoms with Crippen molar-refractivity contribution < 1.29 is 4.79 Å². The molecule has 0 aliphatic heterocycles. The lowest BCUT2D eigenvalue weighted by atomic mass is 10.1. The topological polar surface area (TPSA) is 64.0 Å². The van der Waals surface area contributed by atoms with E-state index in [0.29, 0.717) is 21.7 Å². The summed E-state index contributed by atoms with van der Waals surface area (Å²) in [4.78, 5) is 31.3. The number of hydrogen-bond acceptors (Lipinski definition) is 4. The number of thioether (sulfide) groups is 1. The lowest BCUT2D eigenvalue weighted by Crippen LogP contribution is -2.26. The van der Waals surface area contributed by atoms with Gasteiger partial charge in [-0.05, 0) is 69.2 Å². The van der Waals surface area contributed by atoms with Crippen molar-refractivity contribution in [1.82, 2.24) is 9.55 Å². The number of anilines is 1. The number of para-hydroxylation sites is 1. The zero-order valence-electron chi connectivity index (χ0n) is 18.8. The number of benzene rings is 3. The highest BCUT2D eigenvalue weighted by atomic mass is 79.9. The maximum Gasteiger partial charge on any atom is 0.266 e. The number of carbonyl (C=O) groups is 1.